The molecule has 0 radical (unpaired) electrons. The summed E-state index contributed by atoms with van der Waals surface area (Å²) >= 11 is 0. The largest absolute Gasteiger partial charge is 0.494 e. The number of benzene rings is 3. The molecule has 192 valence electrons. The number of aryl methyl sites for hydroxylation is 1. The molecular formula is C33H44N2O. The highest BCUT2D eigenvalue weighted by molar-refractivity contribution is 6.09. The molecule has 4 rings (SSSR count). The Bertz CT molecular complexity index is 1190. The van der Waals surface area contributed by atoms with E-state index in [4.69, 9.17) is 4.74 Å². The second-order valence-electron chi connectivity index (χ2n) is 10.1. The van der Waals surface area contributed by atoms with E-state index >= 15 is 0 Å². The minimum atomic E-state index is 0.804. The second-order valence-corrected chi connectivity index (χ2v) is 10.1. The van der Waals surface area contributed by atoms with Crippen LogP contribution < -0.4 is 10.1 Å². The molecule has 0 amide bonds. The van der Waals surface area contributed by atoms with Gasteiger partial charge in [0.15, 0.2) is 0 Å². The first kappa shape index (κ1) is 26.1. The summed E-state index contributed by atoms with van der Waals surface area (Å²) in [5.41, 5.74) is 4.84. The van der Waals surface area contributed by atoms with E-state index in [1.807, 2.05) is 0 Å². The average Bonchev–Trinajstić information content (AvgIpc) is 3.21. The molecule has 3 nitrogen and oxygen atoms in total. The fourth-order valence-electron chi connectivity index (χ4n) is 5.12. The van der Waals surface area contributed by atoms with Crippen LogP contribution in [0.2, 0.25) is 0 Å². The van der Waals surface area contributed by atoms with E-state index < -0.39 is 0 Å². The Balaban J connectivity index is 1.56. The standard InChI is InChI=1S/C33H44N2O/c1-3-5-7-9-10-15-23-35-32-25-28(34-27-17-13-12-14-18-27)19-21-30(32)31-22-20-29(26-33(31)35)36-24-16-11-8-6-4-2/h12-14,17-22,25-26,34H,3-11,15-16,23-24H2,1-2H3. The molecule has 0 spiro atoms. The highest BCUT2D eigenvalue weighted by Crippen LogP contribution is 2.34. The lowest BCUT2D eigenvalue weighted by atomic mass is 10.1. The van der Waals surface area contributed by atoms with E-state index in [0.29, 0.717) is 0 Å². The number of anilines is 2. The smallest absolute Gasteiger partial charge is 0.121 e. The van der Waals surface area contributed by atoms with Crippen molar-refractivity contribution in [3.63, 3.8) is 0 Å². The Morgan fingerprint density at radius 3 is 2.00 bits per heavy atom. The zero-order valence-electron chi connectivity index (χ0n) is 22.4. The van der Waals surface area contributed by atoms with Gasteiger partial charge in [-0.2, -0.15) is 0 Å². The highest BCUT2D eigenvalue weighted by Gasteiger charge is 2.13. The van der Waals surface area contributed by atoms with Gasteiger partial charge in [0.1, 0.15) is 5.75 Å². The number of unbranched alkanes of at least 4 members (excludes halogenated alkanes) is 9. The molecule has 3 heteroatoms. The highest BCUT2D eigenvalue weighted by atomic mass is 16.5. The summed E-state index contributed by atoms with van der Waals surface area (Å²) in [7, 11) is 0. The zero-order chi connectivity index (χ0) is 25.0. The van der Waals surface area contributed by atoms with Crippen molar-refractivity contribution in [3.05, 3.63) is 66.7 Å². The lowest BCUT2D eigenvalue weighted by molar-refractivity contribution is 0.305. The Kier molecular flexibility index (Phi) is 10.1. The van der Waals surface area contributed by atoms with Crippen LogP contribution in [0.3, 0.4) is 0 Å². The number of aromatic nitrogens is 1. The van der Waals surface area contributed by atoms with Crippen LogP contribution in [0.25, 0.3) is 21.8 Å². The Labute approximate surface area is 217 Å². The molecule has 0 aliphatic heterocycles. The SMILES string of the molecule is CCCCCCCCn1c2cc(Nc3ccccc3)ccc2c2ccc(OCCCCCCC)cc21. The van der Waals surface area contributed by atoms with Crippen LogP contribution in [0.4, 0.5) is 11.4 Å². The van der Waals surface area contributed by atoms with E-state index in [1.165, 1.54) is 86.0 Å². The van der Waals surface area contributed by atoms with Gasteiger partial charge in [-0.1, -0.05) is 95.9 Å². The monoisotopic (exact) mass is 484 g/mol. The van der Waals surface area contributed by atoms with Crippen molar-refractivity contribution in [2.75, 3.05) is 11.9 Å². The number of fused-ring (bicyclic) bond motifs is 3. The number of para-hydroxylation sites is 1. The van der Waals surface area contributed by atoms with Crippen molar-refractivity contribution in [2.45, 2.75) is 91.0 Å². The van der Waals surface area contributed by atoms with Crippen LogP contribution in [0, 0.1) is 0 Å². The predicted octanol–water partition coefficient (Wildman–Crippen LogP) is 10.2. The summed E-state index contributed by atoms with van der Waals surface area (Å²) in [4.78, 5) is 0. The van der Waals surface area contributed by atoms with Crippen LogP contribution in [0.5, 0.6) is 5.75 Å². The number of rotatable bonds is 16. The molecule has 1 heterocycles. The summed E-state index contributed by atoms with van der Waals surface area (Å²) in [6.45, 7) is 6.39. The molecule has 0 unspecified atom stereocenters. The Morgan fingerprint density at radius 1 is 0.611 bits per heavy atom. The molecule has 0 atom stereocenters. The topological polar surface area (TPSA) is 26.2 Å². The van der Waals surface area contributed by atoms with E-state index in [9.17, 15) is 0 Å². The minimum Gasteiger partial charge on any atom is -0.494 e. The van der Waals surface area contributed by atoms with Crippen LogP contribution in [-0.2, 0) is 6.54 Å². The molecule has 3 aromatic carbocycles. The fourth-order valence-corrected chi connectivity index (χ4v) is 5.12. The molecule has 36 heavy (non-hydrogen) atoms. The van der Waals surface area contributed by atoms with Crippen LogP contribution in [0.1, 0.15) is 84.5 Å². The molecule has 0 aliphatic rings. The third kappa shape index (κ3) is 7.06. The summed E-state index contributed by atoms with van der Waals surface area (Å²) in [6, 6.07) is 23.9. The van der Waals surface area contributed by atoms with Crippen molar-refractivity contribution in [1.29, 1.82) is 0 Å². The molecule has 0 saturated heterocycles. The number of nitrogens with zero attached hydrogens (tertiary/aromatic N) is 1. The van der Waals surface area contributed by atoms with Crippen LogP contribution >= 0.6 is 0 Å². The van der Waals surface area contributed by atoms with Gasteiger partial charge in [0, 0.05) is 34.8 Å². The molecule has 0 aliphatic carbocycles. The van der Waals surface area contributed by atoms with Gasteiger partial charge >= 0.3 is 0 Å². The van der Waals surface area contributed by atoms with Gasteiger partial charge in [-0.3, -0.25) is 0 Å². The van der Waals surface area contributed by atoms with Crippen molar-refractivity contribution in [2.24, 2.45) is 0 Å². The molecule has 0 fully saturated rings. The van der Waals surface area contributed by atoms with E-state index in [0.717, 1.165) is 36.7 Å². The number of nitrogens with one attached hydrogen (secondary N) is 1. The maximum absolute atomic E-state index is 6.19. The van der Waals surface area contributed by atoms with Gasteiger partial charge < -0.3 is 14.6 Å². The summed E-state index contributed by atoms with van der Waals surface area (Å²) < 4.78 is 8.71. The third-order valence-corrected chi connectivity index (χ3v) is 7.15. The first-order valence-electron chi connectivity index (χ1n) is 14.3. The van der Waals surface area contributed by atoms with Gasteiger partial charge in [0.25, 0.3) is 0 Å². The van der Waals surface area contributed by atoms with E-state index in [-0.39, 0.29) is 0 Å². The van der Waals surface area contributed by atoms with Crippen molar-refractivity contribution in [1.82, 2.24) is 4.57 Å². The summed E-state index contributed by atoms with van der Waals surface area (Å²) in [6.07, 6.45) is 14.1. The van der Waals surface area contributed by atoms with E-state index in [1.54, 1.807) is 0 Å². The molecule has 1 aromatic heterocycles. The third-order valence-electron chi connectivity index (χ3n) is 7.15. The summed E-state index contributed by atoms with van der Waals surface area (Å²) in [5.74, 6) is 0.993. The number of ether oxygens (including phenoxy) is 1. The first-order chi connectivity index (χ1) is 17.8. The predicted molar refractivity (Wildman–Crippen MR) is 157 cm³/mol. The summed E-state index contributed by atoms with van der Waals surface area (Å²) in [5, 5.41) is 6.22. The number of hydrogen-bond donors (Lipinski definition) is 1. The van der Waals surface area contributed by atoms with Gasteiger partial charge in [0.2, 0.25) is 0 Å². The molecule has 1 N–H and O–H groups in total. The van der Waals surface area contributed by atoms with Gasteiger partial charge in [0.05, 0.1) is 17.6 Å². The van der Waals surface area contributed by atoms with Gasteiger partial charge in [-0.15, -0.1) is 0 Å². The Hall–Kier alpha value is -2.94. The van der Waals surface area contributed by atoms with Gasteiger partial charge in [-0.25, -0.2) is 0 Å². The Morgan fingerprint density at radius 2 is 1.25 bits per heavy atom. The second kappa shape index (κ2) is 14.0. The molecule has 0 saturated carbocycles. The molecule has 0 bridgehead atoms. The van der Waals surface area contributed by atoms with E-state index in [2.05, 4.69) is 90.5 Å². The molecule has 4 aromatic rings. The normalized spacial score (nSPS) is 11.4. The maximum Gasteiger partial charge on any atom is 0.121 e. The average molecular weight is 485 g/mol. The van der Waals surface area contributed by atoms with Crippen LogP contribution in [0.15, 0.2) is 66.7 Å². The lowest BCUT2D eigenvalue weighted by Crippen LogP contribution is -2.00. The fraction of sp³-hybridized carbons (Fsp3) is 0.455. The number of hydrogen-bond acceptors (Lipinski definition) is 2. The minimum absolute atomic E-state index is 0.804. The van der Waals surface area contributed by atoms with Crippen molar-refractivity contribution < 1.29 is 4.74 Å². The van der Waals surface area contributed by atoms with Gasteiger partial charge in [-0.05, 0) is 49.2 Å². The van der Waals surface area contributed by atoms with Crippen molar-refractivity contribution >= 4 is 33.2 Å². The quantitative estimate of drug-likeness (QED) is 0.160. The van der Waals surface area contributed by atoms with Crippen LogP contribution in [-0.4, -0.2) is 11.2 Å². The zero-order valence-corrected chi connectivity index (χ0v) is 22.4. The maximum atomic E-state index is 6.19. The lowest BCUT2D eigenvalue weighted by Gasteiger charge is -2.11. The first-order valence-corrected chi connectivity index (χ1v) is 14.3. The molecular weight excluding hydrogens is 440 g/mol. The van der Waals surface area contributed by atoms with Crippen molar-refractivity contribution in [3.8, 4) is 5.75 Å².